The van der Waals surface area contributed by atoms with Crippen LogP contribution < -0.4 is 10.0 Å². The van der Waals surface area contributed by atoms with E-state index in [1.54, 1.807) is 31.5 Å². The number of rotatable bonds is 7. The molecule has 0 aliphatic carbocycles. The number of hydrogen-bond donors (Lipinski definition) is 2. The van der Waals surface area contributed by atoms with Gasteiger partial charge < -0.3 is 5.32 Å². The first kappa shape index (κ1) is 22.5. The van der Waals surface area contributed by atoms with Crippen LogP contribution in [-0.2, 0) is 10.0 Å². The van der Waals surface area contributed by atoms with Crippen LogP contribution in [0, 0.1) is 18.6 Å². The predicted molar refractivity (Wildman–Crippen MR) is 125 cm³/mol. The number of aromatic nitrogens is 3. The number of halogens is 2. The average Bonchev–Trinajstić information content (AvgIpc) is 2.78. The standard InChI is InChI=1S/C23H21F2N5O2S/c1-3-8-33(31,32)30-20-7-5-18(24)22(21(20)25)29-23-17-10-15(4-6-19(17)27-13-28-23)16-9-14(2)11-26-12-16/h4-7,9-13,30H,3,8H2,1-2H3,(H,27,28,29). The molecule has 2 heterocycles. The zero-order valence-electron chi connectivity index (χ0n) is 17.9. The average molecular weight is 470 g/mol. The molecule has 0 aliphatic rings. The van der Waals surface area contributed by atoms with Gasteiger partial charge >= 0.3 is 0 Å². The molecule has 33 heavy (non-hydrogen) atoms. The number of pyridine rings is 1. The Morgan fingerprint density at radius 3 is 2.58 bits per heavy atom. The Labute approximate surface area is 190 Å². The fourth-order valence-electron chi connectivity index (χ4n) is 3.40. The molecule has 0 amide bonds. The lowest BCUT2D eigenvalue weighted by Crippen LogP contribution is -2.17. The van der Waals surface area contributed by atoms with E-state index in [1.165, 1.54) is 6.33 Å². The Bertz CT molecular complexity index is 1440. The second kappa shape index (κ2) is 9.07. The maximum atomic E-state index is 15.1. The van der Waals surface area contributed by atoms with Crippen molar-refractivity contribution in [3.63, 3.8) is 0 Å². The van der Waals surface area contributed by atoms with Crippen LogP contribution in [0.25, 0.3) is 22.0 Å². The third kappa shape index (κ3) is 4.90. The van der Waals surface area contributed by atoms with E-state index in [1.807, 2.05) is 19.1 Å². The Balaban J connectivity index is 1.76. The van der Waals surface area contributed by atoms with Crippen LogP contribution in [0.15, 0.2) is 55.1 Å². The number of nitrogens with zero attached hydrogens (tertiary/aromatic N) is 3. The third-order valence-corrected chi connectivity index (χ3v) is 6.39. The first-order chi connectivity index (χ1) is 15.8. The summed E-state index contributed by atoms with van der Waals surface area (Å²) in [6.07, 6.45) is 5.10. The van der Waals surface area contributed by atoms with Crippen LogP contribution in [0.5, 0.6) is 0 Å². The molecule has 2 aromatic heterocycles. The van der Waals surface area contributed by atoms with Gasteiger partial charge in [-0.1, -0.05) is 13.0 Å². The molecule has 0 unspecified atom stereocenters. The summed E-state index contributed by atoms with van der Waals surface area (Å²) in [6.45, 7) is 3.62. The summed E-state index contributed by atoms with van der Waals surface area (Å²) in [4.78, 5) is 12.6. The lowest BCUT2D eigenvalue weighted by Gasteiger charge is -2.14. The maximum Gasteiger partial charge on any atom is 0.232 e. The number of sulfonamides is 1. The molecule has 4 rings (SSSR count). The van der Waals surface area contributed by atoms with Crippen molar-refractivity contribution in [2.75, 3.05) is 15.8 Å². The summed E-state index contributed by atoms with van der Waals surface area (Å²) >= 11 is 0. The van der Waals surface area contributed by atoms with Gasteiger partial charge in [0.2, 0.25) is 10.0 Å². The molecule has 0 bridgehead atoms. The maximum absolute atomic E-state index is 15.1. The largest absolute Gasteiger partial charge is 0.335 e. The molecule has 4 aromatic rings. The van der Waals surface area contributed by atoms with E-state index in [9.17, 15) is 12.8 Å². The number of benzene rings is 2. The molecule has 170 valence electrons. The molecule has 0 saturated carbocycles. The van der Waals surface area contributed by atoms with Gasteiger partial charge in [-0.2, -0.15) is 0 Å². The Kier molecular flexibility index (Phi) is 6.19. The zero-order chi connectivity index (χ0) is 23.6. The second-order valence-electron chi connectivity index (χ2n) is 7.54. The van der Waals surface area contributed by atoms with Crippen molar-refractivity contribution in [3.05, 3.63) is 72.3 Å². The van der Waals surface area contributed by atoms with Gasteiger partial charge in [0.1, 0.15) is 23.6 Å². The van der Waals surface area contributed by atoms with Crippen molar-refractivity contribution < 1.29 is 17.2 Å². The quantitative estimate of drug-likeness (QED) is 0.387. The summed E-state index contributed by atoms with van der Waals surface area (Å²) in [5.74, 6) is -1.97. The highest BCUT2D eigenvalue weighted by atomic mass is 32.2. The molecule has 0 radical (unpaired) electrons. The van der Waals surface area contributed by atoms with Crippen molar-refractivity contribution in [1.29, 1.82) is 0 Å². The molecule has 2 N–H and O–H groups in total. The lowest BCUT2D eigenvalue weighted by atomic mass is 10.0. The minimum absolute atomic E-state index is 0.175. The van der Waals surface area contributed by atoms with Crippen molar-refractivity contribution in [2.24, 2.45) is 0 Å². The fourth-order valence-corrected chi connectivity index (χ4v) is 4.53. The second-order valence-corrected chi connectivity index (χ2v) is 9.38. The minimum Gasteiger partial charge on any atom is -0.335 e. The SMILES string of the molecule is CCCS(=O)(=O)Nc1ccc(F)c(Nc2ncnc3ccc(-c4cncc(C)c4)cc23)c1F. The van der Waals surface area contributed by atoms with Crippen LogP contribution in [0.1, 0.15) is 18.9 Å². The molecule has 0 spiro atoms. The van der Waals surface area contributed by atoms with Crippen molar-refractivity contribution in [3.8, 4) is 11.1 Å². The Morgan fingerprint density at radius 2 is 1.82 bits per heavy atom. The first-order valence-electron chi connectivity index (χ1n) is 10.2. The minimum atomic E-state index is -3.76. The van der Waals surface area contributed by atoms with E-state index in [0.29, 0.717) is 17.3 Å². The zero-order valence-corrected chi connectivity index (χ0v) is 18.7. The predicted octanol–water partition coefficient (Wildman–Crippen LogP) is 5.17. The number of nitrogens with one attached hydrogen (secondary N) is 2. The molecule has 0 atom stereocenters. The highest BCUT2D eigenvalue weighted by Gasteiger charge is 2.19. The van der Waals surface area contributed by atoms with Crippen LogP contribution in [0.3, 0.4) is 0 Å². The highest BCUT2D eigenvalue weighted by Crippen LogP contribution is 2.32. The third-order valence-electron chi connectivity index (χ3n) is 4.92. The van der Waals surface area contributed by atoms with Crippen LogP contribution in [0.2, 0.25) is 0 Å². The first-order valence-corrected chi connectivity index (χ1v) is 11.8. The van der Waals surface area contributed by atoms with Gasteiger partial charge in [-0.3, -0.25) is 9.71 Å². The van der Waals surface area contributed by atoms with E-state index >= 15 is 4.39 Å². The van der Waals surface area contributed by atoms with E-state index < -0.39 is 27.3 Å². The molecule has 2 aromatic carbocycles. The van der Waals surface area contributed by atoms with Gasteiger partial charge in [-0.15, -0.1) is 0 Å². The molecular formula is C23H21F2N5O2S. The van der Waals surface area contributed by atoms with E-state index in [-0.39, 0.29) is 17.3 Å². The summed E-state index contributed by atoms with van der Waals surface area (Å²) in [7, 11) is -3.76. The summed E-state index contributed by atoms with van der Waals surface area (Å²) < 4.78 is 55.9. The van der Waals surface area contributed by atoms with Crippen molar-refractivity contribution in [2.45, 2.75) is 20.3 Å². The number of hydrogen-bond acceptors (Lipinski definition) is 6. The van der Waals surface area contributed by atoms with E-state index in [2.05, 4.69) is 25.0 Å². The highest BCUT2D eigenvalue weighted by molar-refractivity contribution is 7.92. The lowest BCUT2D eigenvalue weighted by molar-refractivity contribution is 0.588. The normalized spacial score (nSPS) is 11.5. The van der Waals surface area contributed by atoms with E-state index in [4.69, 9.17) is 0 Å². The molecular weight excluding hydrogens is 448 g/mol. The van der Waals surface area contributed by atoms with Gasteiger partial charge in [0.05, 0.1) is 17.0 Å². The molecule has 7 nitrogen and oxygen atoms in total. The van der Waals surface area contributed by atoms with Crippen molar-refractivity contribution in [1.82, 2.24) is 15.0 Å². The van der Waals surface area contributed by atoms with Crippen molar-refractivity contribution >= 4 is 38.1 Å². The summed E-state index contributed by atoms with van der Waals surface area (Å²) in [5.41, 5.74) is 2.39. The Morgan fingerprint density at radius 1 is 1.00 bits per heavy atom. The molecule has 0 saturated heterocycles. The molecule has 0 aliphatic heterocycles. The van der Waals surface area contributed by atoms with Gasteiger partial charge in [0, 0.05) is 23.3 Å². The monoisotopic (exact) mass is 469 g/mol. The van der Waals surface area contributed by atoms with Gasteiger partial charge in [-0.25, -0.2) is 27.2 Å². The summed E-state index contributed by atoms with van der Waals surface area (Å²) in [6, 6.07) is 9.46. The fraction of sp³-hybridized carbons (Fsp3) is 0.174. The van der Waals surface area contributed by atoms with Gasteiger partial charge in [0.25, 0.3) is 0 Å². The van der Waals surface area contributed by atoms with Gasteiger partial charge in [0.15, 0.2) is 5.82 Å². The smallest absolute Gasteiger partial charge is 0.232 e. The molecule has 0 fully saturated rings. The van der Waals surface area contributed by atoms with Crippen LogP contribution in [-0.4, -0.2) is 29.1 Å². The van der Waals surface area contributed by atoms with E-state index in [0.717, 1.165) is 28.8 Å². The van der Waals surface area contributed by atoms with Crippen LogP contribution in [0.4, 0.5) is 26.0 Å². The topological polar surface area (TPSA) is 96.9 Å². The van der Waals surface area contributed by atoms with Crippen LogP contribution >= 0.6 is 0 Å². The van der Waals surface area contributed by atoms with Gasteiger partial charge in [-0.05, 0) is 54.8 Å². The number of anilines is 3. The Hall–Kier alpha value is -3.66. The number of aryl methyl sites for hydroxylation is 1. The molecule has 10 heteroatoms. The summed E-state index contributed by atoms with van der Waals surface area (Å²) in [5, 5.41) is 3.21. The number of fused-ring (bicyclic) bond motifs is 1.